The normalized spacial score (nSPS) is 20.2. The van der Waals surface area contributed by atoms with E-state index in [2.05, 4.69) is 15.6 Å². The van der Waals surface area contributed by atoms with E-state index in [4.69, 9.17) is 0 Å². The van der Waals surface area contributed by atoms with Crippen LogP contribution in [0.15, 0.2) is 24.4 Å². The Morgan fingerprint density at radius 1 is 1.07 bits per heavy atom. The minimum Gasteiger partial charge on any atom is -0.347 e. The fourth-order valence-corrected chi connectivity index (χ4v) is 4.40. The Labute approximate surface area is 180 Å². The van der Waals surface area contributed by atoms with Crippen LogP contribution in [0.5, 0.6) is 0 Å². The number of aromatic nitrogens is 1. The van der Waals surface area contributed by atoms with Gasteiger partial charge in [-0.1, -0.05) is 25.3 Å². The first kappa shape index (κ1) is 23.6. The molecule has 2 fully saturated rings. The molecule has 0 spiro atoms. The molecular formula is C22H35ClN4O2. The predicted octanol–water partition coefficient (Wildman–Crippen LogP) is 3.06. The first-order valence-corrected chi connectivity index (χ1v) is 10.9. The van der Waals surface area contributed by atoms with Gasteiger partial charge in [-0.25, -0.2) is 0 Å². The number of nitrogens with zero attached hydrogens (tertiary/aromatic N) is 2. The quantitative estimate of drug-likeness (QED) is 0.708. The SMILES string of the molecule is Cl.O=C(CC1CCCCC1)NCC(=O)N(Cc1ccccn1)C1CCCNCC1. The van der Waals surface area contributed by atoms with E-state index in [1.54, 1.807) is 6.20 Å². The molecule has 1 saturated carbocycles. The number of halogens is 1. The summed E-state index contributed by atoms with van der Waals surface area (Å²) in [6.45, 7) is 2.51. The third-order valence-corrected chi connectivity index (χ3v) is 6.00. The van der Waals surface area contributed by atoms with Crippen molar-refractivity contribution in [2.24, 2.45) is 5.92 Å². The topological polar surface area (TPSA) is 74.3 Å². The molecule has 3 rings (SSSR count). The van der Waals surface area contributed by atoms with Gasteiger partial charge in [-0.2, -0.15) is 0 Å². The Morgan fingerprint density at radius 2 is 1.90 bits per heavy atom. The minimum absolute atomic E-state index is 0. The number of hydrogen-bond acceptors (Lipinski definition) is 4. The molecule has 2 aliphatic rings. The van der Waals surface area contributed by atoms with Gasteiger partial charge in [0.1, 0.15) is 0 Å². The molecule has 162 valence electrons. The molecule has 1 unspecified atom stereocenters. The molecule has 2 N–H and O–H groups in total. The third kappa shape index (κ3) is 7.94. The summed E-state index contributed by atoms with van der Waals surface area (Å²) >= 11 is 0. The van der Waals surface area contributed by atoms with Crippen LogP contribution in [-0.4, -0.2) is 47.4 Å². The zero-order chi connectivity index (χ0) is 19.6. The monoisotopic (exact) mass is 422 g/mol. The number of nitrogens with one attached hydrogen (secondary N) is 2. The Kier molecular flexibility index (Phi) is 10.4. The third-order valence-electron chi connectivity index (χ3n) is 6.00. The van der Waals surface area contributed by atoms with E-state index in [0.717, 1.165) is 50.9 Å². The van der Waals surface area contributed by atoms with E-state index < -0.39 is 0 Å². The summed E-state index contributed by atoms with van der Waals surface area (Å²) in [4.78, 5) is 31.7. The standard InChI is InChI=1S/C22H34N4O2.ClH/c27-21(15-18-7-2-1-3-8-18)25-16-22(28)26(17-19-9-4-5-13-24-19)20-10-6-12-23-14-11-20;/h4-5,9,13,18,20,23H,1-3,6-8,10-12,14-17H2,(H,25,27);1H. The highest BCUT2D eigenvalue weighted by Crippen LogP contribution is 2.26. The van der Waals surface area contributed by atoms with Gasteiger partial charge < -0.3 is 15.5 Å². The minimum atomic E-state index is -0.00505. The highest BCUT2D eigenvalue weighted by molar-refractivity contribution is 5.85. The van der Waals surface area contributed by atoms with Gasteiger partial charge in [0.25, 0.3) is 0 Å². The Hall–Kier alpha value is -1.66. The summed E-state index contributed by atoms with van der Waals surface area (Å²) in [5.41, 5.74) is 0.890. The molecule has 0 aromatic carbocycles. The second kappa shape index (κ2) is 12.8. The lowest BCUT2D eigenvalue weighted by atomic mass is 9.87. The summed E-state index contributed by atoms with van der Waals surface area (Å²) < 4.78 is 0. The van der Waals surface area contributed by atoms with Gasteiger partial charge in [-0.3, -0.25) is 14.6 Å². The van der Waals surface area contributed by atoms with Crippen molar-refractivity contribution >= 4 is 24.2 Å². The fraction of sp³-hybridized carbons (Fsp3) is 0.682. The Morgan fingerprint density at radius 3 is 2.66 bits per heavy atom. The van der Waals surface area contributed by atoms with Crippen LogP contribution < -0.4 is 10.6 Å². The van der Waals surface area contributed by atoms with Crippen LogP contribution >= 0.6 is 12.4 Å². The van der Waals surface area contributed by atoms with E-state index in [9.17, 15) is 9.59 Å². The van der Waals surface area contributed by atoms with Crippen LogP contribution in [0.1, 0.15) is 63.5 Å². The average molecular weight is 423 g/mol. The van der Waals surface area contributed by atoms with E-state index in [1.807, 2.05) is 23.1 Å². The fourth-order valence-electron chi connectivity index (χ4n) is 4.40. The zero-order valence-electron chi connectivity index (χ0n) is 17.3. The zero-order valence-corrected chi connectivity index (χ0v) is 18.1. The van der Waals surface area contributed by atoms with Crippen molar-refractivity contribution in [1.82, 2.24) is 20.5 Å². The summed E-state index contributed by atoms with van der Waals surface area (Å²) in [7, 11) is 0. The Bertz CT molecular complexity index is 614. The van der Waals surface area contributed by atoms with Crippen molar-refractivity contribution in [3.63, 3.8) is 0 Å². The maximum absolute atomic E-state index is 13.0. The van der Waals surface area contributed by atoms with Crippen molar-refractivity contribution in [2.75, 3.05) is 19.6 Å². The first-order chi connectivity index (χ1) is 13.7. The molecule has 6 nitrogen and oxygen atoms in total. The van der Waals surface area contributed by atoms with Crippen molar-refractivity contribution in [1.29, 1.82) is 0 Å². The molecule has 1 atom stereocenters. The largest absolute Gasteiger partial charge is 0.347 e. The summed E-state index contributed by atoms with van der Waals surface area (Å²) in [5.74, 6) is 0.497. The maximum atomic E-state index is 13.0. The molecular weight excluding hydrogens is 388 g/mol. The van der Waals surface area contributed by atoms with Crippen LogP contribution in [0.3, 0.4) is 0 Å². The lowest BCUT2D eigenvalue weighted by Gasteiger charge is -2.31. The first-order valence-electron chi connectivity index (χ1n) is 10.9. The van der Waals surface area contributed by atoms with Gasteiger partial charge in [0.15, 0.2) is 0 Å². The van der Waals surface area contributed by atoms with Gasteiger partial charge in [0, 0.05) is 18.7 Å². The molecule has 0 radical (unpaired) electrons. The van der Waals surface area contributed by atoms with Crippen molar-refractivity contribution < 1.29 is 9.59 Å². The summed E-state index contributed by atoms with van der Waals surface area (Å²) in [6, 6.07) is 5.99. The van der Waals surface area contributed by atoms with Crippen molar-refractivity contribution in [3.8, 4) is 0 Å². The molecule has 2 heterocycles. The summed E-state index contributed by atoms with van der Waals surface area (Å²) in [6.07, 6.45) is 11.3. The number of carbonyl (C=O) groups excluding carboxylic acids is 2. The van der Waals surface area contributed by atoms with Gasteiger partial charge in [-0.15, -0.1) is 12.4 Å². The number of carbonyl (C=O) groups is 2. The van der Waals surface area contributed by atoms with Crippen molar-refractivity contribution in [2.45, 2.75) is 70.4 Å². The molecule has 1 aromatic rings. The number of pyridine rings is 1. The smallest absolute Gasteiger partial charge is 0.242 e. The van der Waals surface area contributed by atoms with Crippen molar-refractivity contribution in [3.05, 3.63) is 30.1 Å². The second-order valence-electron chi connectivity index (χ2n) is 8.16. The van der Waals surface area contributed by atoms with E-state index in [1.165, 1.54) is 19.3 Å². The number of amides is 2. The molecule has 7 heteroatoms. The predicted molar refractivity (Wildman–Crippen MR) is 117 cm³/mol. The summed E-state index contributed by atoms with van der Waals surface area (Å²) in [5, 5.41) is 6.29. The van der Waals surface area contributed by atoms with Crippen LogP contribution in [0.2, 0.25) is 0 Å². The molecule has 0 bridgehead atoms. The maximum Gasteiger partial charge on any atom is 0.242 e. The van der Waals surface area contributed by atoms with Gasteiger partial charge in [0.2, 0.25) is 11.8 Å². The highest BCUT2D eigenvalue weighted by atomic mass is 35.5. The number of rotatable bonds is 7. The average Bonchev–Trinajstić information content (AvgIpc) is 3.01. The molecule has 1 saturated heterocycles. The Balaban J connectivity index is 0.00000300. The lowest BCUT2D eigenvalue weighted by Crippen LogP contribution is -2.45. The van der Waals surface area contributed by atoms with Crippen LogP contribution in [0.25, 0.3) is 0 Å². The number of hydrogen-bond donors (Lipinski definition) is 2. The van der Waals surface area contributed by atoms with E-state index in [-0.39, 0.29) is 36.8 Å². The van der Waals surface area contributed by atoms with Crippen LogP contribution in [-0.2, 0) is 16.1 Å². The molecule has 1 aromatic heterocycles. The van der Waals surface area contributed by atoms with Gasteiger partial charge in [0.05, 0.1) is 18.8 Å². The van der Waals surface area contributed by atoms with Crippen LogP contribution in [0, 0.1) is 5.92 Å². The van der Waals surface area contributed by atoms with E-state index >= 15 is 0 Å². The van der Waals surface area contributed by atoms with Gasteiger partial charge in [-0.05, 0) is 63.2 Å². The molecule has 1 aliphatic carbocycles. The molecule has 2 amide bonds. The van der Waals surface area contributed by atoms with E-state index in [0.29, 0.717) is 18.9 Å². The van der Waals surface area contributed by atoms with Gasteiger partial charge >= 0.3 is 0 Å². The molecule has 29 heavy (non-hydrogen) atoms. The molecule has 1 aliphatic heterocycles. The van der Waals surface area contributed by atoms with Crippen LogP contribution in [0.4, 0.5) is 0 Å². The highest BCUT2D eigenvalue weighted by Gasteiger charge is 2.26. The second-order valence-corrected chi connectivity index (χ2v) is 8.16. The lowest BCUT2D eigenvalue weighted by molar-refractivity contribution is -0.136.